The van der Waals surface area contributed by atoms with Crippen LogP contribution in [0, 0.1) is 6.92 Å². The molecule has 0 aliphatic heterocycles. The number of thiazole rings is 1. The fourth-order valence-electron chi connectivity index (χ4n) is 1.59. The maximum Gasteiger partial charge on any atom is 0.238 e. The van der Waals surface area contributed by atoms with Gasteiger partial charge in [-0.1, -0.05) is 12.1 Å². The van der Waals surface area contributed by atoms with Gasteiger partial charge in [0, 0.05) is 24.2 Å². The minimum Gasteiger partial charge on any atom is -0.306 e. The van der Waals surface area contributed by atoms with Crippen LogP contribution >= 0.6 is 11.3 Å². The summed E-state index contributed by atoms with van der Waals surface area (Å²) < 4.78 is 22.2. The lowest BCUT2D eigenvalue weighted by Crippen LogP contribution is -2.14. The molecule has 1 aromatic carbocycles. The Labute approximate surface area is 116 Å². The van der Waals surface area contributed by atoms with Crippen LogP contribution in [0.5, 0.6) is 0 Å². The van der Waals surface area contributed by atoms with Gasteiger partial charge in [-0.05, 0) is 24.6 Å². The molecule has 2 aromatic rings. The van der Waals surface area contributed by atoms with Crippen molar-refractivity contribution in [2.75, 3.05) is 0 Å². The zero-order valence-electron chi connectivity index (χ0n) is 10.5. The van der Waals surface area contributed by atoms with Crippen molar-refractivity contribution in [1.82, 2.24) is 10.3 Å². The first-order valence-corrected chi connectivity index (χ1v) is 8.11. The topological polar surface area (TPSA) is 85.1 Å². The van der Waals surface area contributed by atoms with Gasteiger partial charge >= 0.3 is 0 Å². The Morgan fingerprint density at radius 2 is 1.95 bits per heavy atom. The van der Waals surface area contributed by atoms with Gasteiger partial charge in [0.25, 0.3) is 0 Å². The number of primary sulfonamides is 1. The van der Waals surface area contributed by atoms with Crippen LogP contribution in [-0.4, -0.2) is 13.4 Å². The van der Waals surface area contributed by atoms with Crippen molar-refractivity contribution < 1.29 is 8.42 Å². The maximum atomic E-state index is 11.1. The zero-order valence-corrected chi connectivity index (χ0v) is 12.1. The summed E-state index contributed by atoms with van der Waals surface area (Å²) >= 11 is 1.62. The van der Waals surface area contributed by atoms with E-state index in [1.54, 1.807) is 23.5 Å². The van der Waals surface area contributed by atoms with Crippen molar-refractivity contribution in [3.63, 3.8) is 0 Å². The van der Waals surface area contributed by atoms with Crippen molar-refractivity contribution in [3.8, 4) is 0 Å². The number of sulfonamides is 1. The number of hydrogen-bond donors (Lipinski definition) is 2. The molecular weight excluding hydrogens is 282 g/mol. The lowest BCUT2D eigenvalue weighted by atomic mass is 10.2. The van der Waals surface area contributed by atoms with Gasteiger partial charge in [0.2, 0.25) is 10.0 Å². The van der Waals surface area contributed by atoms with Crippen LogP contribution in [0.3, 0.4) is 0 Å². The number of nitrogens with one attached hydrogen (secondary N) is 1. The Morgan fingerprint density at radius 3 is 2.47 bits per heavy atom. The van der Waals surface area contributed by atoms with E-state index >= 15 is 0 Å². The third-order valence-electron chi connectivity index (χ3n) is 2.52. The van der Waals surface area contributed by atoms with E-state index in [9.17, 15) is 8.42 Å². The Balaban J connectivity index is 1.90. The van der Waals surface area contributed by atoms with Crippen LogP contribution in [0.1, 0.15) is 16.3 Å². The van der Waals surface area contributed by atoms with Crippen molar-refractivity contribution in [2.45, 2.75) is 24.9 Å². The first kappa shape index (κ1) is 14.1. The highest BCUT2D eigenvalue weighted by Crippen LogP contribution is 2.10. The number of hydrogen-bond acceptors (Lipinski definition) is 5. The smallest absolute Gasteiger partial charge is 0.238 e. The van der Waals surface area contributed by atoms with Crippen LogP contribution in [-0.2, 0) is 23.1 Å². The quantitative estimate of drug-likeness (QED) is 0.873. The summed E-state index contributed by atoms with van der Waals surface area (Å²) in [5.74, 6) is 0. The monoisotopic (exact) mass is 297 g/mol. The molecule has 1 aromatic heterocycles. The van der Waals surface area contributed by atoms with E-state index in [1.807, 2.05) is 12.3 Å². The summed E-state index contributed by atoms with van der Waals surface area (Å²) in [6.45, 7) is 3.32. The molecule has 0 saturated carbocycles. The lowest BCUT2D eigenvalue weighted by Gasteiger charge is -2.04. The van der Waals surface area contributed by atoms with Gasteiger partial charge in [0.15, 0.2) is 0 Å². The molecule has 0 radical (unpaired) electrons. The summed E-state index contributed by atoms with van der Waals surface area (Å²) in [4.78, 5) is 4.48. The van der Waals surface area contributed by atoms with Gasteiger partial charge in [-0.2, -0.15) is 0 Å². The lowest BCUT2D eigenvalue weighted by molar-refractivity contribution is 0.597. The van der Waals surface area contributed by atoms with Crippen LogP contribution in [0.15, 0.2) is 34.5 Å². The van der Waals surface area contributed by atoms with Gasteiger partial charge in [0.1, 0.15) is 5.01 Å². The van der Waals surface area contributed by atoms with Crippen molar-refractivity contribution in [3.05, 3.63) is 45.9 Å². The second-order valence-electron chi connectivity index (χ2n) is 4.18. The molecule has 0 spiro atoms. The Hall–Kier alpha value is -1.28. The van der Waals surface area contributed by atoms with Crippen LogP contribution < -0.4 is 10.5 Å². The number of nitrogens with two attached hydrogens (primary N) is 1. The van der Waals surface area contributed by atoms with Crippen LogP contribution in [0.25, 0.3) is 0 Å². The molecule has 19 heavy (non-hydrogen) atoms. The van der Waals surface area contributed by atoms with Crippen LogP contribution in [0.4, 0.5) is 0 Å². The predicted molar refractivity (Wildman–Crippen MR) is 75.2 cm³/mol. The molecule has 0 fully saturated rings. The molecule has 0 saturated heterocycles. The molecule has 7 heteroatoms. The highest BCUT2D eigenvalue weighted by Gasteiger charge is 2.06. The molecule has 0 amide bonds. The fourth-order valence-corrected chi connectivity index (χ4v) is 2.85. The van der Waals surface area contributed by atoms with Gasteiger partial charge in [-0.15, -0.1) is 11.3 Å². The third-order valence-corrected chi connectivity index (χ3v) is 4.42. The maximum absolute atomic E-state index is 11.1. The van der Waals surface area contributed by atoms with Gasteiger partial charge < -0.3 is 5.32 Å². The second-order valence-corrected chi connectivity index (χ2v) is 6.68. The Bertz CT molecular complexity index is 648. The van der Waals surface area contributed by atoms with Crippen LogP contribution in [0.2, 0.25) is 0 Å². The first-order chi connectivity index (χ1) is 8.95. The van der Waals surface area contributed by atoms with Crippen molar-refractivity contribution in [2.24, 2.45) is 5.14 Å². The standard InChI is InChI=1S/C12H15N3O2S2/c1-9-8-18-12(15-9)7-14-6-10-2-4-11(5-3-10)19(13,16)17/h2-5,8,14H,6-7H2,1H3,(H2,13,16,17). The number of rotatable bonds is 5. The molecule has 102 valence electrons. The highest BCUT2D eigenvalue weighted by atomic mass is 32.2. The summed E-state index contributed by atoms with van der Waals surface area (Å²) in [6.07, 6.45) is 0. The van der Waals surface area contributed by atoms with E-state index in [1.165, 1.54) is 12.1 Å². The van der Waals surface area contributed by atoms with Gasteiger partial charge in [-0.25, -0.2) is 18.5 Å². The summed E-state index contributed by atoms with van der Waals surface area (Å²) in [6, 6.07) is 6.53. The molecule has 0 aliphatic carbocycles. The summed E-state index contributed by atoms with van der Waals surface area (Å²) in [7, 11) is -3.61. The van der Waals surface area contributed by atoms with E-state index in [0.717, 1.165) is 16.3 Å². The highest BCUT2D eigenvalue weighted by molar-refractivity contribution is 7.89. The molecule has 1 heterocycles. The average molecular weight is 297 g/mol. The SMILES string of the molecule is Cc1csc(CNCc2ccc(S(N)(=O)=O)cc2)n1. The average Bonchev–Trinajstić information content (AvgIpc) is 2.75. The van der Waals surface area contributed by atoms with Crippen molar-refractivity contribution in [1.29, 1.82) is 0 Å². The third kappa shape index (κ3) is 4.10. The summed E-state index contributed by atoms with van der Waals surface area (Å²) in [5, 5.41) is 11.3. The van der Waals surface area contributed by atoms with E-state index in [-0.39, 0.29) is 4.90 Å². The number of aryl methyl sites for hydroxylation is 1. The predicted octanol–water partition coefficient (Wildman–Crippen LogP) is 1.39. The van der Waals surface area contributed by atoms with E-state index in [4.69, 9.17) is 5.14 Å². The zero-order chi connectivity index (χ0) is 13.9. The molecule has 2 rings (SSSR count). The minimum absolute atomic E-state index is 0.131. The van der Waals surface area contributed by atoms with Gasteiger partial charge in [0.05, 0.1) is 4.90 Å². The normalized spacial score (nSPS) is 11.7. The number of nitrogens with zero attached hydrogens (tertiary/aromatic N) is 1. The number of aromatic nitrogens is 1. The molecule has 0 aliphatic rings. The molecule has 0 bridgehead atoms. The van der Waals surface area contributed by atoms with E-state index in [0.29, 0.717) is 13.1 Å². The summed E-state index contributed by atoms with van der Waals surface area (Å²) in [5.41, 5.74) is 2.03. The molecule has 0 atom stereocenters. The minimum atomic E-state index is -3.61. The fraction of sp³-hybridized carbons (Fsp3) is 0.250. The number of benzene rings is 1. The molecule has 3 N–H and O–H groups in total. The molecular formula is C12H15N3O2S2. The second kappa shape index (κ2) is 5.79. The van der Waals surface area contributed by atoms with E-state index in [2.05, 4.69) is 10.3 Å². The Morgan fingerprint density at radius 1 is 1.26 bits per heavy atom. The van der Waals surface area contributed by atoms with Gasteiger partial charge in [-0.3, -0.25) is 0 Å². The van der Waals surface area contributed by atoms with E-state index < -0.39 is 10.0 Å². The molecule has 0 unspecified atom stereocenters. The van der Waals surface area contributed by atoms with Crippen molar-refractivity contribution >= 4 is 21.4 Å². The Kier molecular flexibility index (Phi) is 4.31. The largest absolute Gasteiger partial charge is 0.306 e. The first-order valence-electron chi connectivity index (χ1n) is 5.68. The molecule has 5 nitrogen and oxygen atoms in total.